The Balaban J connectivity index is 2.16. The largest absolute Gasteiger partial charge is 0.372 e. The van der Waals surface area contributed by atoms with Gasteiger partial charge in [0.05, 0.1) is 0 Å². The highest BCUT2D eigenvalue weighted by atomic mass is 33.1. The van der Waals surface area contributed by atoms with Crippen molar-refractivity contribution in [2.75, 3.05) is 30.5 Å². The Bertz CT molecular complexity index is 320. The molecule has 0 N–H and O–H groups in total. The van der Waals surface area contributed by atoms with Crippen LogP contribution in [0, 0.1) is 0 Å². The van der Waals surface area contributed by atoms with Crippen LogP contribution >= 0.6 is 20.7 Å². The highest BCUT2D eigenvalue weighted by Crippen LogP contribution is 2.53. The van der Waals surface area contributed by atoms with Crippen LogP contribution in [0.1, 0.15) is 12.8 Å². The van der Waals surface area contributed by atoms with Crippen molar-refractivity contribution >= 4 is 26.4 Å². The van der Waals surface area contributed by atoms with E-state index in [0.717, 1.165) is 0 Å². The molecule has 1 saturated heterocycles. The predicted octanol–water partition coefficient (Wildman–Crippen LogP) is 3.55. The van der Waals surface area contributed by atoms with Gasteiger partial charge in [0.15, 0.2) is 0 Å². The number of benzene rings is 1. The molecule has 3 heteroatoms. The summed E-state index contributed by atoms with van der Waals surface area (Å²) in [6.07, 6.45) is 7.10. The second kappa shape index (κ2) is 4.30. The van der Waals surface area contributed by atoms with E-state index in [1.807, 2.05) is 0 Å². The van der Waals surface area contributed by atoms with Crippen molar-refractivity contribution in [3.8, 4) is 0 Å². The summed E-state index contributed by atoms with van der Waals surface area (Å²) >= 11 is 4.66. The van der Waals surface area contributed by atoms with Gasteiger partial charge in [0.25, 0.3) is 0 Å². The van der Waals surface area contributed by atoms with Gasteiger partial charge >= 0.3 is 0 Å². The topological polar surface area (TPSA) is 3.24 Å². The summed E-state index contributed by atoms with van der Waals surface area (Å²) in [5, 5.41) is 0. The highest BCUT2D eigenvalue weighted by molar-refractivity contribution is 8.87. The molecule has 0 amide bonds. The molecule has 1 aliphatic heterocycles. The second-order valence-corrected chi connectivity index (χ2v) is 10.2. The summed E-state index contributed by atoms with van der Waals surface area (Å²) in [6, 6.07) is 8.95. The van der Waals surface area contributed by atoms with Gasteiger partial charge in [-0.2, -0.15) is 9.06 Å². The summed E-state index contributed by atoms with van der Waals surface area (Å²) < 4.78 is 0. The van der Waals surface area contributed by atoms with E-state index in [0.29, 0.717) is 0 Å². The molecule has 1 nitrogen and oxygen atoms in total. The fourth-order valence-corrected chi connectivity index (χ4v) is 3.13. The van der Waals surface area contributed by atoms with Crippen molar-refractivity contribution in [1.82, 2.24) is 0 Å². The lowest BCUT2D eigenvalue weighted by Gasteiger charge is -2.25. The summed E-state index contributed by atoms with van der Waals surface area (Å²) in [6.45, 7) is 2.44. The van der Waals surface area contributed by atoms with E-state index in [4.69, 9.17) is 0 Å². The van der Waals surface area contributed by atoms with E-state index >= 15 is 0 Å². The van der Waals surface area contributed by atoms with Crippen LogP contribution in [-0.2, 0) is 0 Å². The third kappa shape index (κ3) is 2.64. The third-order valence-corrected chi connectivity index (χ3v) is 4.94. The lowest BCUT2D eigenvalue weighted by molar-refractivity contribution is 0.949. The van der Waals surface area contributed by atoms with Crippen LogP contribution in [-0.4, -0.2) is 25.6 Å². The number of thiol groups is 1. The maximum Gasteiger partial charge on any atom is 0.0366 e. The first-order chi connectivity index (χ1) is 7.07. The van der Waals surface area contributed by atoms with Gasteiger partial charge in [-0.25, -0.2) is 0 Å². The molecule has 0 aromatic heterocycles. The molecule has 1 aromatic carbocycles. The zero-order chi connectivity index (χ0) is 10.9. The summed E-state index contributed by atoms with van der Waals surface area (Å²) in [5.41, 5.74) is 1.37. The van der Waals surface area contributed by atoms with Gasteiger partial charge in [-0.15, -0.1) is 11.7 Å². The molecular formula is C12H19NS2. The Morgan fingerprint density at radius 3 is 2.07 bits per heavy atom. The van der Waals surface area contributed by atoms with Crippen molar-refractivity contribution in [3.05, 3.63) is 24.3 Å². The molecule has 0 radical (unpaired) electrons. The molecule has 0 unspecified atom stereocenters. The zero-order valence-electron chi connectivity index (χ0n) is 9.44. The van der Waals surface area contributed by atoms with E-state index in [1.165, 1.54) is 36.5 Å². The molecule has 0 bridgehead atoms. The SMILES string of the molecule is CS(C)(S)c1ccc(N2CCCC2)cc1. The van der Waals surface area contributed by atoms with Crippen molar-refractivity contribution < 1.29 is 0 Å². The van der Waals surface area contributed by atoms with Gasteiger partial charge in [0, 0.05) is 18.8 Å². The first-order valence-corrected chi connectivity index (χ1v) is 8.88. The molecule has 0 aliphatic carbocycles. The second-order valence-electron chi connectivity index (χ2n) is 4.46. The Morgan fingerprint density at radius 2 is 1.60 bits per heavy atom. The Labute approximate surface area is 99.0 Å². The van der Waals surface area contributed by atoms with Gasteiger partial charge in [-0.05, 0) is 54.5 Å². The number of rotatable bonds is 2. The molecule has 0 atom stereocenters. The maximum absolute atomic E-state index is 4.66. The molecule has 2 rings (SSSR count). The van der Waals surface area contributed by atoms with Gasteiger partial charge in [0.1, 0.15) is 0 Å². The van der Waals surface area contributed by atoms with E-state index in [1.54, 1.807) is 0 Å². The van der Waals surface area contributed by atoms with Crippen LogP contribution in [0.5, 0.6) is 0 Å². The fourth-order valence-electron chi connectivity index (χ4n) is 1.97. The average molecular weight is 241 g/mol. The minimum atomic E-state index is -0.867. The average Bonchev–Trinajstić information content (AvgIpc) is 2.69. The molecule has 1 aromatic rings. The van der Waals surface area contributed by atoms with E-state index in [9.17, 15) is 0 Å². The lowest BCUT2D eigenvalue weighted by Crippen LogP contribution is -2.17. The van der Waals surface area contributed by atoms with Crippen molar-refractivity contribution in [2.24, 2.45) is 0 Å². The van der Waals surface area contributed by atoms with Crippen molar-refractivity contribution in [3.63, 3.8) is 0 Å². The quantitative estimate of drug-likeness (QED) is 0.612. The molecule has 1 aliphatic rings. The summed E-state index contributed by atoms with van der Waals surface area (Å²) in [4.78, 5) is 3.83. The predicted molar refractivity (Wildman–Crippen MR) is 74.6 cm³/mol. The molecule has 1 fully saturated rings. The van der Waals surface area contributed by atoms with Crippen LogP contribution in [0.4, 0.5) is 5.69 Å². The molecule has 0 saturated carbocycles. The fraction of sp³-hybridized carbons (Fsp3) is 0.500. The van der Waals surface area contributed by atoms with Crippen LogP contribution in [0.2, 0.25) is 0 Å². The maximum atomic E-state index is 4.66. The van der Waals surface area contributed by atoms with E-state index in [-0.39, 0.29) is 0 Å². The lowest BCUT2D eigenvalue weighted by atomic mass is 10.3. The molecular weight excluding hydrogens is 222 g/mol. The van der Waals surface area contributed by atoms with Gasteiger partial charge in [-0.3, -0.25) is 0 Å². The number of nitrogens with zero attached hydrogens (tertiary/aromatic N) is 1. The molecule has 0 spiro atoms. The van der Waals surface area contributed by atoms with Crippen LogP contribution in [0.3, 0.4) is 0 Å². The molecule has 1 heterocycles. The molecule has 15 heavy (non-hydrogen) atoms. The Hall–Kier alpha value is -0.280. The molecule has 84 valence electrons. The minimum Gasteiger partial charge on any atom is -0.372 e. The van der Waals surface area contributed by atoms with Crippen LogP contribution in [0.15, 0.2) is 29.2 Å². The van der Waals surface area contributed by atoms with E-state index < -0.39 is 9.06 Å². The van der Waals surface area contributed by atoms with Gasteiger partial charge in [-0.1, -0.05) is 0 Å². The number of anilines is 1. The van der Waals surface area contributed by atoms with E-state index in [2.05, 4.69) is 53.3 Å². The van der Waals surface area contributed by atoms with Crippen LogP contribution in [0.25, 0.3) is 0 Å². The zero-order valence-corrected chi connectivity index (χ0v) is 11.2. The monoisotopic (exact) mass is 241 g/mol. The summed E-state index contributed by atoms with van der Waals surface area (Å²) in [7, 11) is -0.867. The third-order valence-electron chi connectivity index (χ3n) is 2.88. The summed E-state index contributed by atoms with van der Waals surface area (Å²) in [5.74, 6) is 0. The first kappa shape index (κ1) is 11.2. The normalized spacial score (nSPS) is 18.2. The Kier molecular flexibility index (Phi) is 3.21. The number of hydrogen-bond acceptors (Lipinski definition) is 2. The van der Waals surface area contributed by atoms with Crippen LogP contribution < -0.4 is 4.90 Å². The van der Waals surface area contributed by atoms with Crippen molar-refractivity contribution in [2.45, 2.75) is 17.7 Å². The highest BCUT2D eigenvalue weighted by Gasteiger charge is 2.13. The van der Waals surface area contributed by atoms with Gasteiger partial charge < -0.3 is 4.90 Å². The number of hydrogen-bond donors (Lipinski definition) is 1. The van der Waals surface area contributed by atoms with Gasteiger partial charge in [0.2, 0.25) is 0 Å². The smallest absolute Gasteiger partial charge is 0.0366 e. The van der Waals surface area contributed by atoms with Crippen molar-refractivity contribution in [1.29, 1.82) is 0 Å². The Morgan fingerprint density at radius 1 is 1.07 bits per heavy atom. The standard InChI is InChI=1S/C12H19NS2/c1-15(2,14)12-7-5-11(6-8-12)13-9-3-4-10-13/h5-8,14H,3-4,9-10H2,1-2H3. The minimum absolute atomic E-state index is 0.867. The first-order valence-electron chi connectivity index (χ1n) is 5.38.